The van der Waals surface area contributed by atoms with Gasteiger partial charge in [0.2, 0.25) is 0 Å². The first-order chi connectivity index (χ1) is 18.9. The first kappa shape index (κ1) is 34.6. The van der Waals surface area contributed by atoms with Gasteiger partial charge in [0.05, 0.1) is 13.2 Å². The van der Waals surface area contributed by atoms with E-state index in [1.54, 1.807) is 0 Å². The molecule has 2 rings (SSSR count). The average Bonchev–Trinajstić information content (AvgIpc) is 2.89. The van der Waals surface area contributed by atoms with E-state index < -0.39 is 42.4 Å². The zero-order chi connectivity index (χ0) is 31.1. The fourth-order valence-corrected chi connectivity index (χ4v) is 4.72. The van der Waals surface area contributed by atoms with Gasteiger partial charge in [-0.15, -0.1) is 0 Å². The number of rotatable bonds is 17. The lowest BCUT2D eigenvalue weighted by molar-refractivity contribution is -0.247. The molecule has 0 aromatic heterocycles. The number of halogens is 6. The Morgan fingerprint density at radius 3 is 1.85 bits per heavy atom. The number of benzene rings is 2. The molecule has 232 valence electrons. The van der Waals surface area contributed by atoms with Gasteiger partial charge in [0.15, 0.2) is 0 Å². The van der Waals surface area contributed by atoms with Gasteiger partial charge in [-0.3, -0.25) is 4.55 Å². The molecule has 0 radical (unpaired) electrons. The highest BCUT2D eigenvalue weighted by Crippen LogP contribution is 2.50. The molecule has 0 bridgehead atoms. The first-order valence-electron chi connectivity index (χ1n) is 12.3. The number of unbranched alkanes of at least 4 members (excludes halogenated alkanes) is 1. The van der Waals surface area contributed by atoms with Crippen molar-refractivity contribution >= 4 is 20.2 Å². The first-order valence-corrected chi connectivity index (χ1v) is 15.2. The quantitative estimate of drug-likeness (QED) is 0.0968. The molecule has 41 heavy (non-hydrogen) atoms. The van der Waals surface area contributed by atoms with Crippen molar-refractivity contribution in [3.8, 4) is 11.5 Å². The summed E-state index contributed by atoms with van der Waals surface area (Å²) in [4.78, 5) is 0. The summed E-state index contributed by atoms with van der Waals surface area (Å²) < 4.78 is 149. The minimum absolute atomic E-state index is 0.228. The number of alkyl halides is 6. The van der Waals surface area contributed by atoms with Crippen LogP contribution in [0.5, 0.6) is 11.5 Å². The summed E-state index contributed by atoms with van der Waals surface area (Å²) in [5, 5.41) is -13.6. The van der Waals surface area contributed by atoms with E-state index in [1.807, 2.05) is 24.3 Å². The zero-order valence-corrected chi connectivity index (χ0v) is 23.7. The summed E-state index contributed by atoms with van der Waals surface area (Å²) in [5.74, 6) is -6.76. The van der Waals surface area contributed by atoms with E-state index in [1.165, 1.54) is 17.7 Å². The SMILES string of the molecule is CCC(C)c1ccc(OCCCCOCCc2ccc(OS(=O)(=O)C(F)(F)C(F)(F)C(F)(F)S(=O)(=O)O)cc2)cc1. The van der Waals surface area contributed by atoms with E-state index in [2.05, 4.69) is 18.0 Å². The van der Waals surface area contributed by atoms with Crippen LogP contribution in [0.15, 0.2) is 48.5 Å². The molecule has 0 heterocycles. The molecule has 0 aliphatic heterocycles. The van der Waals surface area contributed by atoms with Crippen LogP contribution in [0.1, 0.15) is 50.2 Å². The number of hydrogen-bond acceptors (Lipinski definition) is 7. The summed E-state index contributed by atoms with van der Waals surface area (Å²) in [6.07, 6.45) is 2.77. The maximum absolute atomic E-state index is 13.9. The molecule has 0 spiro atoms. The van der Waals surface area contributed by atoms with Gasteiger partial charge in [0, 0.05) is 6.61 Å². The predicted octanol–water partition coefficient (Wildman–Crippen LogP) is 6.04. The molecule has 2 aromatic rings. The highest BCUT2D eigenvalue weighted by Gasteiger charge is 2.83. The molecule has 0 fully saturated rings. The number of hydrogen-bond donors (Lipinski definition) is 1. The standard InChI is InChI=1S/C25H30F6O8S2/c1-3-18(2)20-8-12-21(13-9-20)38-16-5-4-15-37-17-14-19-6-10-22(11-7-19)39-41(35,36)25(30,31)23(26,27)24(28,29)40(32,33)34/h6-13,18H,3-5,14-17H2,1-2H3,(H,32,33,34). The van der Waals surface area contributed by atoms with Crippen molar-refractivity contribution in [3.63, 3.8) is 0 Å². The van der Waals surface area contributed by atoms with E-state index in [0.717, 1.165) is 30.7 Å². The monoisotopic (exact) mass is 636 g/mol. The summed E-state index contributed by atoms with van der Waals surface area (Å²) >= 11 is 0. The van der Waals surface area contributed by atoms with Crippen molar-refractivity contribution in [2.24, 2.45) is 0 Å². The maximum atomic E-state index is 13.9. The van der Waals surface area contributed by atoms with Gasteiger partial charge < -0.3 is 13.7 Å². The van der Waals surface area contributed by atoms with Gasteiger partial charge in [-0.25, -0.2) is 0 Å². The van der Waals surface area contributed by atoms with E-state index in [-0.39, 0.29) is 6.61 Å². The van der Waals surface area contributed by atoms with Crippen LogP contribution in [-0.4, -0.2) is 57.6 Å². The topological polar surface area (TPSA) is 116 Å². The Labute approximate surface area is 234 Å². The Morgan fingerprint density at radius 1 is 0.780 bits per heavy atom. The van der Waals surface area contributed by atoms with Crippen LogP contribution in [0.2, 0.25) is 0 Å². The Morgan fingerprint density at radius 2 is 1.32 bits per heavy atom. The Kier molecular flexibility index (Phi) is 11.5. The molecule has 0 amide bonds. The molecule has 8 nitrogen and oxygen atoms in total. The summed E-state index contributed by atoms with van der Waals surface area (Å²) in [6, 6.07) is 11.9. The Bertz CT molecular complexity index is 1330. The van der Waals surface area contributed by atoms with Gasteiger partial charge in [-0.05, 0) is 67.0 Å². The molecule has 1 atom stereocenters. The molecule has 0 saturated heterocycles. The van der Waals surface area contributed by atoms with E-state index in [9.17, 15) is 43.2 Å². The molecule has 2 aromatic carbocycles. The Hall–Kier alpha value is -2.56. The van der Waals surface area contributed by atoms with Crippen molar-refractivity contribution in [2.45, 2.75) is 61.9 Å². The largest absolute Gasteiger partial charge is 0.494 e. The average molecular weight is 637 g/mol. The molecule has 1 N–H and O–H groups in total. The third kappa shape index (κ3) is 8.26. The molecule has 16 heteroatoms. The smallest absolute Gasteiger partial charge is 0.450 e. The molecular formula is C25H30F6O8S2. The second-order valence-electron chi connectivity index (χ2n) is 9.06. The Balaban J connectivity index is 1.78. The fraction of sp³-hybridized carbons (Fsp3) is 0.520. The second-order valence-corrected chi connectivity index (χ2v) is 12.1. The fourth-order valence-electron chi connectivity index (χ4n) is 3.30. The van der Waals surface area contributed by atoms with Crippen LogP contribution in [0.25, 0.3) is 0 Å². The van der Waals surface area contributed by atoms with Gasteiger partial charge in [0.1, 0.15) is 11.5 Å². The highest BCUT2D eigenvalue weighted by molar-refractivity contribution is 7.88. The minimum Gasteiger partial charge on any atom is -0.494 e. The van der Waals surface area contributed by atoms with E-state index >= 15 is 0 Å². The van der Waals surface area contributed by atoms with Gasteiger partial charge in [-0.2, -0.15) is 43.2 Å². The zero-order valence-electron chi connectivity index (χ0n) is 22.0. The molecule has 0 aliphatic carbocycles. The minimum atomic E-state index is -7.12. The predicted molar refractivity (Wildman–Crippen MR) is 137 cm³/mol. The van der Waals surface area contributed by atoms with Crippen LogP contribution in [-0.2, 0) is 31.4 Å². The summed E-state index contributed by atoms with van der Waals surface area (Å²) in [7, 11) is -14.0. The van der Waals surface area contributed by atoms with Gasteiger partial charge in [-0.1, -0.05) is 38.1 Å². The number of ether oxygens (including phenoxy) is 2. The van der Waals surface area contributed by atoms with E-state index in [4.69, 9.17) is 14.0 Å². The normalized spacial score (nSPS) is 14.1. The van der Waals surface area contributed by atoms with Crippen LogP contribution < -0.4 is 8.92 Å². The van der Waals surface area contributed by atoms with Crippen molar-refractivity contribution in [1.82, 2.24) is 0 Å². The molecule has 1 unspecified atom stereocenters. The molecule has 0 saturated carbocycles. The lowest BCUT2D eigenvalue weighted by atomic mass is 9.99. The van der Waals surface area contributed by atoms with Crippen LogP contribution in [0, 0.1) is 0 Å². The van der Waals surface area contributed by atoms with Crippen LogP contribution >= 0.6 is 0 Å². The summed E-state index contributed by atoms with van der Waals surface area (Å²) in [6.45, 7) is 5.40. The van der Waals surface area contributed by atoms with Crippen molar-refractivity contribution in [2.75, 3.05) is 19.8 Å². The van der Waals surface area contributed by atoms with Gasteiger partial charge in [0.25, 0.3) is 0 Å². The van der Waals surface area contributed by atoms with Crippen molar-refractivity contribution < 1.29 is 61.4 Å². The molecular weight excluding hydrogens is 606 g/mol. The van der Waals surface area contributed by atoms with E-state index in [0.29, 0.717) is 37.5 Å². The van der Waals surface area contributed by atoms with Crippen LogP contribution in [0.4, 0.5) is 26.3 Å². The third-order valence-electron chi connectivity index (χ3n) is 6.05. The second kappa shape index (κ2) is 13.6. The lowest BCUT2D eigenvalue weighted by Gasteiger charge is -2.29. The van der Waals surface area contributed by atoms with Crippen LogP contribution in [0.3, 0.4) is 0 Å². The third-order valence-corrected chi connectivity index (χ3v) is 8.25. The highest BCUT2D eigenvalue weighted by atomic mass is 32.2. The van der Waals surface area contributed by atoms with Crippen molar-refractivity contribution in [1.29, 1.82) is 0 Å². The van der Waals surface area contributed by atoms with Crippen molar-refractivity contribution in [3.05, 3.63) is 59.7 Å². The lowest BCUT2D eigenvalue weighted by Crippen LogP contribution is -2.61. The maximum Gasteiger partial charge on any atom is 0.450 e. The summed E-state index contributed by atoms with van der Waals surface area (Å²) in [5.41, 5.74) is 1.75. The molecule has 0 aliphatic rings. The van der Waals surface area contributed by atoms with Gasteiger partial charge >= 0.3 is 36.7 Å².